The SMILES string of the molecule is C=C1c2c(-c3ccc(C(=O)Nc4ccccn4)cc3)c3c(N)ncnc3n2C[C@H]1NC(=O)C#CC.S. The van der Waals surface area contributed by atoms with Crippen LogP contribution in [0.2, 0.25) is 0 Å². The molecule has 0 unspecified atom stereocenters. The average Bonchev–Trinajstić information content (AvgIpc) is 3.35. The fraction of sp³-hybridized carbons (Fsp3) is 0.115. The van der Waals surface area contributed by atoms with Crippen LogP contribution in [0.4, 0.5) is 11.6 Å². The molecule has 4 heterocycles. The topological polar surface area (TPSA) is 128 Å². The fourth-order valence-corrected chi connectivity index (χ4v) is 4.30. The van der Waals surface area contributed by atoms with Gasteiger partial charge in [-0.1, -0.05) is 30.7 Å². The molecule has 4 N–H and O–H groups in total. The molecule has 180 valence electrons. The standard InChI is InChI=1S/C26H21N7O2.H2S/c1-3-6-20(34)31-18-13-33-23(15(18)2)21(22-24(27)29-14-30-25(22)33)16-8-10-17(11-9-16)26(35)32-19-7-4-5-12-28-19;/h4-5,7-12,14,18H,2,13H2,1H3,(H,31,34)(H2,27,29,30)(H,28,32,35);1H2/t18-;/m1./s1. The molecule has 0 saturated heterocycles. The Morgan fingerprint density at radius 3 is 2.61 bits per heavy atom. The van der Waals surface area contributed by atoms with Gasteiger partial charge in [-0.2, -0.15) is 13.5 Å². The summed E-state index contributed by atoms with van der Waals surface area (Å²) in [5.41, 5.74) is 10.6. The molecule has 4 aromatic rings. The van der Waals surface area contributed by atoms with Crippen LogP contribution in [0.15, 0.2) is 61.6 Å². The number of nitrogen functional groups attached to an aromatic ring is 1. The monoisotopic (exact) mass is 497 g/mol. The van der Waals surface area contributed by atoms with Crippen LogP contribution in [0.25, 0.3) is 27.7 Å². The minimum absolute atomic E-state index is 0. The second kappa shape index (κ2) is 9.93. The van der Waals surface area contributed by atoms with Crippen molar-refractivity contribution in [3.05, 3.63) is 72.8 Å². The Balaban J connectivity index is 0.00000304. The van der Waals surface area contributed by atoms with Crippen LogP contribution in [0.3, 0.4) is 0 Å². The fourth-order valence-electron chi connectivity index (χ4n) is 4.30. The maximum absolute atomic E-state index is 12.7. The number of carbonyl (C=O) groups excluding carboxylic acids is 2. The molecule has 0 bridgehead atoms. The Bertz CT molecular complexity index is 1550. The smallest absolute Gasteiger partial charge is 0.296 e. The molecular weight excluding hydrogens is 474 g/mol. The van der Waals surface area contributed by atoms with Crippen molar-refractivity contribution in [2.45, 2.75) is 19.5 Å². The summed E-state index contributed by atoms with van der Waals surface area (Å²) in [5, 5.41) is 6.38. The number of nitrogens with zero attached hydrogens (tertiary/aromatic N) is 4. The second-order valence-electron chi connectivity index (χ2n) is 7.96. The summed E-state index contributed by atoms with van der Waals surface area (Å²) < 4.78 is 1.98. The van der Waals surface area contributed by atoms with Crippen LogP contribution >= 0.6 is 13.5 Å². The van der Waals surface area contributed by atoms with E-state index in [0.717, 1.165) is 22.4 Å². The predicted octanol–water partition coefficient (Wildman–Crippen LogP) is 2.98. The van der Waals surface area contributed by atoms with Crippen LogP contribution < -0.4 is 16.4 Å². The molecule has 5 rings (SSSR count). The van der Waals surface area contributed by atoms with Gasteiger partial charge in [-0.15, -0.1) is 0 Å². The summed E-state index contributed by atoms with van der Waals surface area (Å²) >= 11 is 0. The molecule has 0 fully saturated rings. The van der Waals surface area contributed by atoms with E-state index in [1.165, 1.54) is 6.33 Å². The molecule has 1 aliphatic heterocycles. The Morgan fingerprint density at radius 1 is 1.14 bits per heavy atom. The minimum atomic E-state index is -0.368. The molecule has 0 aliphatic carbocycles. The van der Waals surface area contributed by atoms with Gasteiger partial charge in [0.05, 0.1) is 17.1 Å². The van der Waals surface area contributed by atoms with Crippen molar-refractivity contribution in [2.75, 3.05) is 11.1 Å². The lowest BCUT2D eigenvalue weighted by Crippen LogP contribution is -2.34. The van der Waals surface area contributed by atoms with Gasteiger partial charge in [0.1, 0.15) is 23.6 Å². The molecule has 0 saturated carbocycles. The number of hydrogen-bond acceptors (Lipinski definition) is 6. The quantitative estimate of drug-likeness (QED) is 0.372. The van der Waals surface area contributed by atoms with E-state index in [1.54, 1.807) is 43.5 Å². The van der Waals surface area contributed by atoms with E-state index in [4.69, 9.17) is 5.73 Å². The maximum atomic E-state index is 12.7. The van der Waals surface area contributed by atoms with E-state index >= 15 is 0 Å². The number of benzene rings is 1. The molecule has 3 aromatic heterocycles. The summed E-state index contributed by atoms with van der Waals surface area (Å²) in [6.07, 6.45) is 3.03. The van der Waals surface area contributed by atoms with Crippen molar-refractivity contribution in [3.63, 3.8) is 0 Å². The zero-order chi connectivity index (χ0) is 24.5. The third-order valence-electron chi connectivity index (χ3n) is 5.85. The highest BCUT2D eigenvalue weighted by molar-refractivity contribution is 7.59. The van der Waals surface area contributed by atoms with Crippen LogP contribution in [0.1, 0.15) is 23.0 Å². The number of nitrogens with one attached hydrogen (secondary N) is 2. The van der Waals surface area contributed by atoms with Gasteiger partial charge in [-0.3, -0.25) is 9.59 Å². The first-order valence-corrected chi connectivity index (χ1v) is 10.9. The lowest BCUT2D eigenvalue weighted by Gasteiger charge is -2.13. The van der Waals surface area contributed by atoms with Gasteiger partial charge in [0.2, 0.25) is 0 Å². The van der Waals surface area contributed by atoms with Crippen molar-refractivity contribution >= 4 is 53.6 Å². The van der Waals surface area contributed by atoms with Crippen molar-refractivity contribution in [3.8, 4) is 23.0 Å². The highest BCUT2D eigenvalue weighted by Gasteiger charge is 2.34. The molecule has 36 heavy (non-hydrogen) atoms. The van der Waals surface area contributed by atoms with E-state index in [1.807, 2.05) is 16.7 Å². The van der Waals surface area contributed by atoms with E-state index in [2.05, 4.69) is 44.0 Å². The zero-order valence-electron chi connectivity index (χ0n) is 19.4. The van der Waals surface area contributed by atoms with Crippen molar-refractivity contribution in [1.29, 1.82) is 0 Å². The van der Waals surface area contributed by atoms with Gasteiger partial charge in [0, 0.05) is 23.9 Å². The number of carbonyl (C=O) groups is 2. The lowest BCUT2D eigenvalue weighted by atomic mass is 9.97. The number of hydrogen-bond donors (Lipinski definition) is 3. The first-order chi connectivity index (χ1) is 17.0. The third kappa shape index (κ3) is 4.28. The Hall–Kier alpha value is -4.62. The summed E-state index contributed by atoms with van der Waals surface area (Å²) in [5.74, 6) is 5.28. The number of rotatable bonds is 4. The number of nitrogens with two attached hydrogens (primary N) is 1. The molecule has 9 nitrogen and oxygen atoms in total. The van der Waals surface area contributed by atoms with Gasteiger partial charge in [0.15, 0.2) is 0 Å². The Labute approximate surface area is 214 Å². The van der Waals surface area contributed by atoms with Crippen molar-refractivity contribution in [1.82, 2.24) is 24.8 Å². The summed E-state index contributed by atoms with van der Waals surface area (Å²) in [6.45, 7) is 6.31. The summed E-state index contributed by atoms with van der Waals surface area (Å²) in [7, 11) is 0. The largest absolute Gasteiger partial charge is 0.383 e. The lowest BCUT2D eigenvalue weighted by molar-refractivity contribution is -0.116. The van der Waals surface area contributed by atoms with Crippen LogP contribution in [-0.4, -0.2) is 37.4 Å². The van der Waals surface area contributed by atoms with E-state index in [-0.39, 0.29) is 31.4 Å². The number of fused-ring (bicyclic) bond motifs is 3. The van der Waals surface area contributed by atoms with Gasteiger partial charge >= 0.3 is 0 Å². The third-order valence-corrected chi connectivity index (χ3v) is 5.85. The van der Waals surface area contributed by atoms with E-state index < -0.39 is 0 Å². The minimum Gasteiger partial charge on any atom is -0.383 e. The normalized spacial score (nSPS) is 13.8. The maximum Gasteiger partial charge on any atom is 0.296 e. The van der Waals surface area contributed by atoms with E-state index in [0.29, 0.717) is 34.8 Å². The molecular formula is C26H23N7O2S. The van der Waals surface area contributed by atoms with Crippen molar-refractivity contribution < 1.29 is 9.59 Å². The van der Waals surface area contributed by atoms with Crippen LogP contribution in [0.5, 0.6) is 0 Å². The van der Waals surface area contributed by atoms with Crippen molar-refractivity contribution in [2.24, 2.45) is 0 Å². The molecule has 2 amide bonds. The van der Waals surface area contributed by atoms with Crippen LogP contribution in [-0.2, 0) is 11.3 Å². The van der Waals surface area contributed by atoms with Gasteiger partial charge in [-0.25, -0.2) is 15.0 Å². The zero-order valence-corrected chi connectivity index (χ0v) is 20.4. The van der Waals surface area contributed by atoms with Gasteiger partial charge in [-0.05, 0) is 48.2 Å². The Morgan fingerprint density at radius 2 is 1.92 bits per heavy atom. The average molecular weight is 498 g/mol. The first kappa shape index (κ1) is 24.5. The van der Waals surface area contributed by atoms with Crippen LogP contribution in [0, 0.1) is 11.8 Å². The van der Waals surface area contributed by atoms with E-state index in [9.17, 15) is 9.59 Å². The van der Waals surface area contributed by atoms with Gasteiger partial charge in [0.25, 0.3) is 11.8 Å². The molecule has 1 aromatic carbocycles. The number of amides is 2. The number of aromatic nitrogens is 4. The van der Waals surface area contributed by atoms with Gasteiger partial charge < -0.3 is 20.9 Å². The molecule has 0 spiro atoms. The predicted molar refractivity (Wildman–Crippen MR) is 144 cm³/mol. The molecule has 0 radical (unpaired) electrons. The molecule has 10 heteroatoms. The Kier molecular flexibility index (Phi) is 6.76. The highest BCUT2D eigenvalue weighted by Crippen LogP contribution is 2.43. The second-order valence-corrected chi connectivity index (χ2v) is 7.96. The summed E-state index contributed by atoms with van der Waals surface area (Å²) in [6, 6.07) is 12.1. The molecule has 1 aliphatic rings. The molecule has 1 atom stereocenters. The summed E-state index contributed by atoms with van der Waals surface area (Å²) in [4.78, 5) is 37.5. The first-order valence-electron chi connectivity index (χ1n) is 10.9. The number of anilines is 2. The highest BCUT2D eigenvalue weighted by atomic mass is 32.1. The number of pyridine rings is 1.